The molecule has 0 saturated carbocycles. The molecule has 13 heavy (non-hydrogen) atoms. The van der Waals surface area contributed by atoms with Crippen LogP contribution in [0.3, 0.4) is 0 Å². The topological polar surface area (TPSA) is 48.1 Å². The maximum atomic E-state index is 5.54. The molecule has 2 rings (SSSR count). The molecule has 3 nitrogen and oxygen atoms in total. The Balaban J connectivity index is 2.61. The summed E-state index contributed by atoms with van der Waals surface area (Å²) < 4.78 is 10.5. The summed E-state index contributed by atoms with van der Waals surface area (Å²) in [5.74, 6) is 0.861. The first-order chi connectivity index (χ1) is 6.35. The highest BCUT2D eigenvalue weighted by Gasteiger charge is 2.04. The average Bonchev–Trinajstić information content (AvgIpc) is 2.59. The van der Waals surface area contributed by atoms with Crippen molar-refractivity contribution >= 4 is 21.6 Å². The number of ether oxygens (including phenoxy) is 1. The Morgan fingerprint density at radius 1 is 1.54 bits per heavy atom. The number of rotatable bonds is 2. The van der Waals surface area contributed by atoms with Crippen molar-refractivity contribution in [1.82, 2.24) is 4.37 Å². The number of fused-ring (bicyclic) bond motifs is 1. The van der Waals surface area contributed by atoms with E-state index < -0.39 is 0 Å². The number of nitrogens with two attached hydrogens (primary N) is 1. The van der Waals surface area contributed by atoms with Crippen molar-refractivity contribution in [1.29, 1.82) is 0 Å². The minimum atomic E-state index is 0.492. The van der Waals surface area contributed by atoms with E-state index >= 15 is 0 Å². The molecule has 0 aliphatic carbocycles. The van der Waals surface area contributed by atoms with Crippen molar-refractivity contribution in [2.24, 2.45) is 5.73 Å². The SMILES string of the molecule is COc1ccc2c(CN)nsc2c1. The van der Waals surface area contributed by atoms with Gasteiger partial charge in [-0.05, 0) is 29.7 Å². The van der Waals surface area contributed by atoms with Crippen LogP contribution in [0.4, 0.5) is 0 Å². The van der Waals surface area contributed by atoms with E-state index in [9.17, 15) is 0 Å². The van der Waals surface area contributed by atoms with Crippen LogP contribution in [-0.4, -0.2) is 11.5 Å². The van der Waals surface area contributed by atoms with Gasteiger partial charge in [0.05, 0.1) is 17.5 Å². The van der Waals surface area contributed by atoms with E-state index in [1.54, 1.807) is 7.11 Å². The van der Waals surface area contributed by atoms with E-state index in [-0.39, 0.29) is 0 Å². The number of hydrogen-bond donors (Lipinski definition) is 1. The van der Waals surface area contributed by atoms with E-state index in [0.717, 1.165) is 21.5 Å². The van der Waals surface area contributed by atoms with Gasteiger partial charge in [-0.25, -0.2) is 0 Å². The van der Waals surface area contributed by atoms with E-state index in [1.165, 1.54) is 11.5 Å². The third-order valence-corrected chi connectivity index (χ3v) is 2.79. The van der Waals surface area contributed by atoms with Crippen molar-refractivity contribution in [3.63, 3.8) is 0 Å². The molecular weight excluding hydrogens is 184 g/mol. The lowest BCUT2D eigenvalue weighted by atomic mass is 10.2. The second kappa shape index (κ2) is 3.32. The fourth-order valence-corrected chi connectivity index (χ4v) is 2.08. The monoisotopic (exact) mass is 194 g/mol. The van der Waals surface area contributed by atoms with Gasteiger partial charge in [-0.2, -0.15) is 4.37 Å². The van der Waals surface area contributed by atoms with Gasteiger partial charge in [0.1, 0.15) is 5.75 Å². The summed E-state index contributed by atoms with van der Waals surface area (Å²) in [5.41, 5.74) is 6.50. The predicted octanol–water partition coefficient (Wildman–Crippen LogP) is 1.76. The van der Waals surface area contributed by atoms with Crippen molar-refractivity contribution in [2.45, 2.75) is 6.54 Å². The Bertz CT molecular complexity index is 424. The van der Waals surface area contributed by atoms with Gasteiger partial charge in [-0.3, -0.25) is 0 Å². The first-order valence-electron chi connectivity index (χ1n) is 3.97. The Labute approximate surface area is 80.3 Å². The van der Waals surface area contributed by atoms with Crippen LogP contribution in [0.5, 0.6) is 5.75 Å². The zero-order valence-electron chi connectivity index (χ0n) is 7.28. The van der Waals surface area contributed by atoms with Crippen LogP contribution in [0.2, 0.25) is 0 Å². The summed E-state index contributed by atoms with van der Waals surface area (Å²) in [5, 5.41) is 1.13. The van der Waals surface area contributed by atoms with Gasteiger partial charge < -0.3 is 10.5 Å². The van der Waals surface area contributed by atoms with E-state index in [2.05, 4.69) is 4.37 Å². The molecule has 0 fully saturated rings. The lowest BCUT2D eigenvalue weighted by Gasteiger charge is -1.98. The molecule has 1 aromatic heterocycles. The van der Waals surface area contributed by atoms with Gasteiger partial charge in [0.15, 0.2) is 0 Å². The minimum Gasteiger partial charge on any atom is -0.497 e. The minimum absolute atomic E-state index is 0.492. The Morgan fingerprint density at radius 3 is 3.08 bits per heavy atom. The van der Waals surface area contributed by atoms with Crippen LogP contribution in [-0.2, 0) is 6.54 Å². The summed E-state index contributed by atoms with van der Waals surface area (Å²) in [6.07, 6.45) is 0. The van der Waals surface area contributed by atoms with Crippen molar-refractivity contribution in [2.75, 3.05) is 7.11 Å². The first-order valence-corrected chi connectivity index (χ1v) is 4.75. The average molecular weight is 194 g/mol. The third kappa shape index (κ3) is 1.38. The predicted molar refractivity (Wildman–Crippen MR) is 54.1 cm³/mol. The second-order valence-electron chi connectivity index (χ2n) is 2.70. The summed E-state index contributed by atoms with van der Waals surface area (Å²) in [4.78, 5) is 0. The number of methoxy groups -OCH3 is 1. The number of aromatic nitrogens is 1. The Kier molecular flexibility index (Phi) is 2.16. The molecule has 0 spiro atoms. The largest absolute Gasteiger partial charge is 0.497 e. The summed E-state index contributed by atoms with van der Waals surface area (Å²) in [6, 6.07) is 5.90. The van der Waals surface area contributed by atoms with Crippen LogP contribution in [0, 0.1) is 0 Å². The molecule has 0 bridgehead atoms. The maximum Gasteiger partial charge on any atom is 0.120 e. The zero-order valence-corrected chi connectivity index (χ0v) is 8.10. The van der Waals surface area contributed by atoms with Gasteiger partial charge in [0.2, 0.25) is 0 Å². The molecule has 4 heteroatoms. The highest BCUT2D eigenvalue weighted by atomic mass is 32.1. The van der Waals surface area contributed by atoms with Crippen molar-refractivity contribution < 1.29 is 4.74 Å². The molecule has 0 amide bonds. The first kappa shape index (κ1) is 8.47. The molecule has 2 aromatic rings. The Morgan fingerprint density at radius 2 is 2.38 bits per heavy atom. The van der Waals surface area contributed by atoms with Crippen LogP contribution in [0.1, 0.15) is 5.69 Å². The molecular formula is C9H10N2OS. The molecule has 1 aromatic carbocycles. The van der Waals surface area contributed by atoms with Crippen LogP contribution >= 0.6 is 11.5 Å². The smallest absolute Gasteiger partial charge is 0.120 e. The molecule has 0 radical (unpaired) electrons. The third-order valence-electron chi connectivity index (χ3n) is 1.95. The quantitative estimate of drug-likeness (QED) is 0.792. The highest BCUT2D eigenvalue weighted by molar-refractivity contribution is 7.13. The van der Waals surface area contributed by atoms with Gasteiger partial charge in [0.25, 0.3) is 0 Å². The normalized spacial score (nSPS) is 10.6. The van der Waals surface area contributed by atoms with Gasteiger partial charge in [0, 0.05) is 11.9 Å². The molecule has 1 heterocycles. The lowest BCUT2D eigenvalue weighted by molar-refractivity contribution is 0.415. The number of benzene rings is 1. The fourth-order valence-electron chi connectivity index (χ4n) is 1.24. The van der Waals surface area contributed by atoms with E-state index in [4.69, 9.17) is 10.5 Å². The second-order valence-corrected chi connectivity index (χ2v) is 3.50. The van der Waals surface area contributed by atoms with Crippen LogP contribution in [0.25, 0.3) is 10.1 Å². The van der Waals surface area contributed by atoms with Gasteiger partial charge >= 0.3 is 0 Å². The number of nitrogens with zero attached hydrogens (tertiary/aromatic N) is 1. The summed E-state index contributed by atoms with van der Waals surface area (Å²) >= 11 is 1.46. The Hall–Kier alpha value is -1.13. The van der Waals surface area contributed by atoms with E-state index in [0.29, 0.717) is 6.54 Å². The van der Waals surface area contributed by atoms with Gasteiger partial charge in [-0.1, -0.05) is 0 Å². The molecule has 0 atom stereocenters. The highest BCUT2D eigenvalue weighted by Crippen LogP contribution is 2.26. The van der Waals surface area contributed by atoms with Gasteiger partial charge in [-0.15, -0.1) is 0 Å². The zero-order chi connectivity index (χ0) is 9.26. The molecule has 2 N–H and O–H groups in total. The van der Waals surface area contributed by atoms with Crippen LogP contribution in [0.15, 0.2) is 18.2 Å². The summed E-state index contributed by atoms with van der Waals surface area (Å²) in [6.45, 7) is 0.492. The molecule has 0 unspecified atom stereocenters. The molecule has 68 valence electrons. The number of hydrogen-bond acceptors (Lipinski definition) is 4. The fraction of sp³-hybridized carbons (Fsp3) is 0.222. The standard InChI is InChI=1S/C9H10N2OS/c1-12-6-2-3-7-8(5-10)11-13-9(7)4-6/h2-4H,5,10H2,1H3. The molecule has 0 aliphatic heterocycles. The van der Waals surface area contributed by atoms with E-state index in [1.807, 2.05) is 18.2 Å². The molecule has 0 saturated heterocycles. The summed E-state index contributed by atoms with van der Waals surface area (Å²) in [7, 11) is 1.66. The lowest BCUT2D eigenvalue weighted by Crippen LogP contribution is -1.95. The molecule has 0 aliphatic rings. The van der Waals surface area contributed by atoms with Crippen molar-refractivity contribution in [3.8, 4) is 5.75 Å². The maximum absolute atomic E-state index is 5.54. The van der Waals surface area contributed by atoms with Crippen LogP contribution < -0.4 is 10.5 Å². The van der Waals surface area contributed by atoms with Crippen molar-refractivity contribution in [3.05, 3.63) is 23.9 Å².